The smallest absolute Gasteiger partial charge is 0.129 e. The van der Waals surface area contributed by atoms with E-state index in [0.29, 0.717) is 11.6 Å². The quantitative estimate of drug-likeness (QED) is 0.563. The lowest BCUT2D eigenvalue weighted by molar-refractivity contribution is 0.116. The number of methoxy groups -OCH3 is 1. The van der Waals surface area contributed by atoms with Gasteiger partial charge in [0, 0.05) is 37.6 Å². The molecule has 5 nitrogen and oxygen atoms in total. The Morgan fingerprint density at radius 3 is 2.68 bits per heavy atom. The van der Waals surface area contributed by atoms with E-state index in [9.17, 15) is 5.11 Å². The summed E-state index contributed by atoms with van der Waals surface area (Å²) in [4.78, 5) is 9.27. The number of nitrogens with zero attached hydrogens (tertiary/aromatic N) is 3. The van der Waals surface area contributed by atoms with Crippen LogP contribution < -0.4 is 0 Å². The maximum Gasteiger partial charge on any atom is 0.129 e. The van der Waals surface area contributed by atoms with Gasteiger partial charge in [-0.1, -0.05) is 25.4 Å². The fraction of sp³-hybridized carbons (Fsp3) is 0.455. The van der Waals surface area contributed by atoms with Gasteiger partial charge in [-0.25, -0.2) is 4.98 Å². The normalized spacial score (nSPS) is 13.2. The van der Waals surface area contributed by atoms with Crippen molar-refractivity contribution in [1.82, 2.24) is 14.5 Å². The van der Waals surface area contributed by atoms with E-state index in [-0.39, 0.29) is 18.1 Å². The van der Waals surface area contributed by atoms with Gasteiger partial charge in [0.25, 0.3) is 0 Å². The molecule has 0 aromatic carbocycles. The van der Waals surface area contributed by atoms with Crippen LogP contribution in [0.5, 0.6) is 0 Å². The Balaban J connectivity index is 2.39. The zero-order valence-corrected chi connectivity index (χ0v) is 17.9. The van der Waals surface area contributed by atoms with E-state index in [2.05, 4.69) is 41.4 Å². The van der Waals surface area contributed by atoms with Gasteiger partial charge in [0.05, 0.1) is 28.5 Å². The fourth-order valence-electron chi connectivity index (χ4n) is 3.66. The number of hydrogen-bond acceptors (Lipinski definition) is 4. The number of halogens is 1. The predicted octanol–water partition coefficient (Wildman–Crippen LogP) is 5.04. The van der Waals surface area contributed by atoms with E-state index in [1.807, 2.05) is 25.1 Å². The first-order chi connectivity index (χ1) is 13.3. The molecule has 0 bridgehead atoms. The molecule has 28 heavy (non-hydrogen) atoms. The molecule has 0 saturated carbocycles. The van der Waals surface area contributed by atoms with E-state index >= 15 is 0 Å². The monoisotopic (exact) mass is 401 g/mol. The molecule has 6 heteroatoms. The van der Waals surface area contributed by atoms with Crippen LogP contribution in [0.25, 0.3) is 22.3 Å². The molecule has 3 aromatic rings. The van der Waals surface area contributed by atoms with Crippen LogP contribution in [0.2, 0.25) is 5.15 Å². The standard InChI is InChI=1S/C22H28ClN3O2/c1-6-26-17-9-10-18(23)25-20(17)16(12-22(3,4)13-27)21(26)15-8-7-11-24-19(15)14(2)28-5/h7-11,14,27H,6,12-13H2,1-5H3/t14-/m0/s1. The molecule has 0 aliphatic carbocycles. The van der Waals surface area contributed by atoms with Crippen LogP contribution in [0.4, 0.5) is 0 Å². The summed E-state index contributed by atoms with van der Waals surface area (Å²) >= 11 is 6.25. The first-order valence-electron chi connectivity index (χ1n) is 9.59. The van der Waals surface area contributed by atoms with Crippen molar-refractivity contribution in [3.63, 3.8) is 0 Å². The van der Waals surface area contributed by atoms with Gasteiger partial charge in [-0.2, -0.15) is 0 Å². The highest BCUT2D eigenvalue weighted by molar-refractivity contribution is 6.29. The van der Waals surface area contributed by atoms with Crippen LogP contribution in [0.3, 0.4) is 0 Å². The summed E-state index contributed by atoms with van der Waals surface area (Å²) in [5, 5.41) is 10.4. The third-order valence-electron chi connectivity index (χ3n) is 5.20. The fourth-order valence-corrected chi connectivity index (χ4v) is 3.80. The summed E-state index contributed by atoms with van der Waals surface area (Å²) in [5.41, 5.74) is 5.68. The molecule has 150 valence electrons. The predicted molar refractivity (Wildman–Crippen MR) is 114 cm³/mol. The molecule has 0 saturated heterocycles. The lowest BCUT2D eigenvalue weighted by Gasteiger charge is -2.23. The number of aliphatic hydroxyl groups is 1. The molecule has 3 rings (SSSR count). The third kappa shape index (κ3) is 3.79. The largest absolute Gasteiger partial charge is 0.396 e. The van der Waals surface area contributed by atoms with Crippen LogP contribution in [0.1, 0.15) is 45.1 Å². The summed E-state index contributed by atoms with van der Waals surface area (Å²) < 4.78 is 7.83. The molecule has 0 fully saturated rings. The first-order valence-corrected chi connectivity index (χ1v) is 9.97. The van der Waals surface area contributed by atoms with Crippen molar-refractivity contribution in [2.45, 2.75) is 46.8 Å². The molecule has 1 N–H and O–H groups in total. The number of aliphatic hydroxyl groups excluding tert-OH is 1. The Labute approximate surface area is 171 Å². The van der Waals surface area contributed by atoms with Crippen LogP contribution in [-0.2, 0) is 17.7 Å². The molecule has 0 unspecified atom stereocenters. The van der Waals surface area contributed by atoms with Gasteiger partial charge in [-0.05, 0) is 49.9 Å². The molecule has 0 spiro atoms. The average molecular weight is 402 g/mol. The summed E-state index contributed by atoms with van der Waals surface area (Å²) in [6.45, 7) is 9.09. The topological polar surface area (TPSA) is 60.2 Å². The van der Waals surface area contributed by atoms with Crippen molar-refractivity contribution in [2.24, 2.45) is 5.41 Å². The highest BCUT2D eigenvalue weighted by atomic mass is 35.5. The van der Waals surface area contributed by atoms with Crippen LogP contribution in [-0.4, -0.2) is 33.4 Å². The van der Waals surface area contributed by atoms with E-state index in [4.69, 9.17) is 16.3 Å². The van der Waals surface area contributed by atoms with Gasteiger partial charge in [-0.15, -0.1) is 0 Å². The van der Waals surface area contributed by atoms with Gasteiger partial charge in [-0.3, -0.25) is 4.98 Å². The van der Waals surface area contributed by atoms with Gasteiger partial charge in [0.2, 0.25) is 0 Å². The Morgan fingerprint density at radius 1 is 1.29 bits per heavy atom. The molecule has 0 aliphatic heterocycles. The minimum Gasteiger partial charge on any atom is -0.396 e. The second-order valence-electron chi connectivity index (χ2n) is 7.89. The number of pyridine rings is 2. The molecule has 0 radical (unpaired) electrons. The molecule has 0 amide bonds. The summed E-state index contributed by atoms with van der Waals surface area (Å²) in [5.74, 6) is 0. The molecule has 3 heterocycles. The summed E-state index contributed by atoms with van der Waals surface area (Å²) in [6, 6.07) is 7.86. The lowest BCUT2D eigenvalue weighted by Crippen LogP contribution is -2.20. The lowest BCUT2D eigenvalue weighted by atomic mass is 9.85. The van der Waals surface area contributed by atoms with Crippen LogP contribution in [0.15, 0.2) is 30.5 Å². The van der Waals surface area contributed by atoms with Crippen molar-refractivity contribution in [2.75, 3.05) is 13.7 Å². The number of aromatic nitrogens is 3. The molecular formula is C22H28ClN3O2. The SMILES string of the molecule is CCn1c(-c2cccnc2[C@H](C)OC)c(CC(C)(C)CO)c2nc(Cl)ccc21. The van der Waals surface area contributed by atoms with Crippen LogP contribution >= 0.6 is 11.6 Å². The Hall–Kier alpha value is -1.95. The third-order valence-corrected chi connectivity index (χ3v) is 5.41. The van der Waals surface area contributed by atoms with E-state index in [0.717, 1.165) is 40.1 Å². The van der Waals surface area contributed by atoms with Crippen molar-refractivity contribution < 1.29 is 9.84 Å². The number of fused-ring (bicyclic) bond motifs is 1. The van der Waals surface area contributed by atoms with E-state index in [1.165, 1.54) is 0 Å². The van der Waals surface area contributed by atoms with Gasteiger partial charge in [0.1, 0.15) is 5.15 Å². The maximum atomic E-state index is 9.90. The van der Waals surface area contributed by atoms with Gasteiger partial charge in [0.15, 0.2) is 0 Å². The van der Waals surface area contributed by atoms with E-state index < -0.39 is 0 Å². The molecule has 3 aromatic heterocycles. The van der Waals surface area contributed by atoms with E-state index in [1.54, 1.807) is 13.3 Å². The number of rotatable bonds is 7. The Kier molecular flexibility index (Phi) is 6.08. The molecular weight excluding hydrogens is 374 g/mol. The molecule has 0 aliphatic rings. The Bertz CT molecular complexity index is 981. The molecule has 1 atom stereocenters. The number of ether oxygens (including phenoxy) is 1. The first kappa shape index (κ1) is 20.8. The Morgan fingerprint density at radius 2 is 2.04 bits per heavy atom. The maximum absolute atomic E-state index is 9.90. The number of aryl methyl sites for hydroxylation is 1. The van der Waals surface area contributed by atoms with Crippen molar-refractivity contribution in [1.29, 1.82) is 0 Å². The van der Waals surface area contributed by atoms with Crippen molar-refractivity contribution >= 4 is 22.6 Å². The highest BCUT2D eigenvalue weighted by Crippen LogP contribution is 2.39. The second-order valence-corrected chi connectivity index (χ2v) is 8.27. The van der Waals surface area contributed by atoms with Gasteiger partial charge >= 0.3 is 0 Å². The highest BCUT2D eigenvalue weighted by Gasteiger charge is 2.28. The number of hydrogen-bond donors (Lipinski definition) is 1. The van der Waals surface area contributed by atoms with Gasteiger partial charge < -0.3 is 14.4 Å². The zero-order valence-electron chi connectivity index (χ0n) is 17.2. The summed E-state index contributed by atoms with van der Waals surface area (Å²) in [7, 11) is 1.69. The minimum absolute atomic E-state index is 0.0835. The second kappa shape index (κ2) is 8.19. The van der Waals surface area contributed by atoms with Crippen molar-refractivity contribution in [3.8, 4) is 11.3 Å². The zero-order chi connectivity index (χ0) is 20.5. The van der Waals surface area contributed by atoms with Crippen molar-refractivity contribution in [3.05, 3.63) is 46.9 Å². The van der Waals surface area contributed by atoms with Crippen LogP contribution in [0, 0.1) is 5.41 Å². The average Bonchev–Trinajstić information content (AvgIpc) is 2.99. The summed E-state index contributed by atoms with van der Waals surface area (Å²) in [6.07, 6.45) is 2.32. The minimum atomic E-state index is -0.291.